The van der Waals surface area contributed by atoms with Gasteiger partial charge in [0.15, 0.2) is 5.96 Å². The molecular formula is C13H20ClIN4O2S2. The normalized spacial score (nSPS) is 16.0. The quantitative estimate of drug-likeness (QED) is 0.283. The highest BCUT2D eigenvalue weighted by molar-refractivity contribution is 14.0. The summed E-state index contributed by atoms with van der Waals surface area (Å²) in [4.78, 5) is 6.38. The second-order valence-electron chi connectivity index (χ2n) is 4.69. The monoisotopic (exact) mass is 490 g/mol. The molecule has 2 rings (SSSR count). The average Bonchev–Trinajstić information content (AvgIpc) is 2.52. The van der Waals surface area contributed by atoms with Crippen LogP contribution in [0, 0.1) is 0 Å². The number of rotatable bonds is 5. The molecule has 23 heavy (non-hydrogen) atoms. The van der Waals surface area contributed by atoms with Gasteiger partial charge in [0.2, 0.25) is 10.0 Å². The summed E-state index contributed by atoms with van der Waals surface area (Å²) >= 11 is 7.69. The molecule has 1 fully saturated rings. The van der Waals surface area contributed by atoms with E-state index >= 15 is 0 Å². The van der Waals surface area contributed by atoms with Crippen molar-refractivity contribution in [1.82, 2.24) is 9.62 Å². The number of hydrogen-bond acceptors (Lipinski definition) is 4. The number of nitrogens with two attached hydrogens (primary N) is 1. The Morgan fingerprint density at radius 3 is 2.74 bits per heavy atom. The largest absolute Gasteiger partial charge is 0.370 e. The van der Waals surface area contributed by atoms with Crippen LogP contribution in [0.1, 0.15) is 0 Å². The van der Waals surface area contributed by atoms with Gasteiger partial charge < -0.3 is 10.6 Å². The Labute approximate surface area is 163 Å². The molecule has 1 heterocycles. The van der Waals surface area contributed by atoms with Crippen molar-refractivity contribution in [2.24, 2.45) is 10.7 Å². The molecule has 1 aliphatic heterocycles. The van der Waals surface area contributed by atoms with Gasteiger partial charge in [0.1, 0.15) is 0 Å². The molecule has 0 bridgehead atoms. The van der Waals surface area contributed by atoms with Crippen LogP contribution in [-0.2, 0) is 10.0 Å². The minimum Gasteiger partial charge on any atom is -0.370 e. The summed E-state index contributed by atoms with van der Waals surface area (Å²) in [6.07, 6.45) is 0. The van der Waals surface area contributed by atoms with Crippen LogP contribution in [0.2, 0.25) is 5.02 Å². The van der Waals surface area contributed by atoms with Gasteiger partial charge in [0.05, 0.1) is 11.4 Å². The molecule has 0 aromatic heterocycles. The number of halogens is 2. The maximum Gasteiger partial charge on any atom is 0.240 e. The fourth-order valence-corrected chi connectivity index (χ4v) is 4.18. The second-order valence-corrected chi connectivity index (χ2v) is 8.12. The Hall–Kier alpha value is -0.230. The topological polar surface area (TPSA) is 87.8 Å². The molecule has 0 aliphatic carbocycles. The molecule has 0 amide bonds. The fourth-order valence-electron chi connectivity index (χ4n) is 1.96. The molecule has 1 aliphatic rings. The van der Waals surface area contributed by atoms with E-state index in [0.717, 1.165) is 24.6 Å². The average molecular weight is 491 g/mol. The van der Waals surface area contributed by atoms with Crippen LogP contribution in [0.15, 0.2) is 34.2 Å². The van der Waals surface area contributed by atoms with E-state index in [1.165, 1.54) is 12.1 Å². The molecule has 1 saturated heterocycles. The van der Waals surface area contributed by atoms with Gasteiger partial charge in [-0.1, -0.05) is 17.7 Å². The number of sulfonamides is 1. The van der Waals surface area contributed by atoms with Gasteiger partial charge in [-0.15, -0.1) is 24.0 Å². The van der Waals surface area contributed by atoms with Crippen molar-refractivity contribution in [3.05, 3.63) is 29.3 Å². The smallest absolute Gasteiger partial charge is 0.240 e. The molecule has 0 saturated carbocycles. The van der Waals surface area contributed by atoms with E-state index in [0.29, 0.717) is 17.5 Å². The predicted molar refractivity (Wildman–Crippen MR) is 107 cm³/mol. The van der Waals surface area contributed by atoms with Gasteiger partial charge in [0, 0.05) is 36.2 Å². The third-order valence-corrected chi connectivity index (χ3v) is 5.76. The lowest BCUT2D eigenvalue weighted by molar-refractivity contribution is 0.456. The van der Waals surface area contributed by atoms with Crippen molar-refractivity contribution in [3.63, 3.8) is 0 Å². The standard InChI is InChI=1S/C13H19ClN4O2S2.HI/c14-11-2-1-3-12(10-11)22(19,20)17-5-4-16-13(15)18-6-8-21-9-7-18;/h1-3,10,17H,4-9H2,(H2,15,16);1H. The SMILES string of the molecule is I.NC(=NCCNS(=O)(=O)c1cccc(Cl)c1)N1CCSCC1. The van der Waals surface area contributed by atoms with Crippen molar-refractivity contribution in [2.45, 2.75) is 4.90 Å². The molecule has 0 spiro atoms. The first kappa shape index (κ1) is 20.8. The maximum absolute atomic E-state index is 12.1. The number of hydrogen-bond donors (Lipinski definition) is 2. The van der Waals surface area contributed by atoms with E-state index < -0.39 is 10.0 Å². The summed E-state index contributed by atoms with van der Waals surface area (Å²) in [6.45, 7) is 2.26. The third kappa shape index (κ3) is 6.65. The summed E-state index contributed by atoms with van der Waals surface area (Å²) in [5.74, 6) is 2.55. The third-order valence-electron chi connectivity index (χ3n) is 3.12. The van der Waals surface area contributed by atoms with E-state index in [2.05, 4.69) is 9.71 Å². The Morgan fingerprint density at radius 2 is 2.09 bits per heavy atom. The first-order valence-corrected chi connectivity index (χ1v) is 9.88. The van der Waals surface area contributed by atoms with Gasteiger partial charge in [-0.2, -0.15) is 11.8 Å². The van der Waals surface area contributed by atoms with Crippen molar-refractivity contribution in [1.29, 1.82) is 0 Å². The fraction of sp³-hybridized carbons (Fsp3) is 0.462. The first-order chi connectivity index (χ1) is 10.5. The van der Waals surface area contributed by atoms with Gasteiger partial charge in [-0.05, 0) is 18.2 Å². The van der Waals surface area contributed by atoms with Crippen molar-refractivity contribution < 1.29 is 8.42 Å². The van der Waals surface area contributed by atoms with E-state index in [4.69, 9.17) is 17.3 Å². The zero-order valence-electron chi connectivity index (χ0n) is 12.4. The van der Waals surface area contributed by atoms with Gasteiger partial charge in [-0.25, -0.2) is 13.1 Å². The molecule has 0 radical (unpaired) electrons. The lowest BCUT2D eigenvalue weighted by atomic mass is 10.4. The van der Waals surface area contributed by atoms with E-state index in [1.807, 2.05) is 16.7 Å². The Kier molecular flexibility index (Phi) is 8.98. The van der Waals surface area contributed by atoms with Crippen molar-refractivity contribution in [3.8, 4) is 0 Å². The Morgan fingerprint density at radius 1 is 1.39 bits per heavy atom. The van der Waals surface area contributed by atoms with Crippen LogP contribution in [0.5, 0.6) is 0 Å². The zero-order valence-corrected chi connectivity index (χ0v) is 17.2. The first-order valence-electron chi connectivity index (χ1n) is 6.87. The summed E-state index contributed by atoms with van der Waals surface area (Å²) in [6, 6.07) is 6.13. The van der Waals surface area contributed by atoms with E-state index in [9.17, 15) is 8.42 Å². The number of aliphatic imine (C=N–C) groups is 1. The molecule has 1 aromatic rings. The maximum atomic E-state index is 12.1. The van der Waals surface area contributed by atoms with Gasteiger partial charge >= 0.3 is 0 Å². The molecular weight excluding hydrogens is 471 g/mol. The van der Waals surface area contributed by atoms with E-state index in [1.54, 1.807) is 12.1 Å². The summed E-state index contributed by atoms with van der Waals surface area (Å²) in [5.41, 5.74) is 5.90. The molecule has 130 valence electrons. The van der Waals surface area contributed by atoms with Crippen LogP contribution >= 0.6 is 47.3 Å². The molecule has 0 atom stereocenters. The Bertz CT molecular complexity index is 637. The van der Waals surface area contributed by atoms with Gasteiger partial charge in [-0.3, -0.25) is 4.99 Å². The highest BCUT2D eigenvalue weighted by Crippen LogP contribution is 2.14. The van der Waals surface area contributed by atoms with Crippen LogP contribution in [0.25, 0.3) is 0 Å². The number of guanidine groups is 1. The lowest BCUT2D eigenvalue weighted by Crippen LogP contribution is -2.43. The predicted octanol–water partition coefficient (Wildman–Crippen LogP) is 1.60. The highest BCUT2D eigenvalue weighted by atomic mass is 127. The minimum atomic E-state index is -3.57. The molecule has 3 N–H and O–H groups in total. The molecule has 0 unspecified atom stereocenters. The van der Waals surface area contributed by atoms with Crippen molar-refractivity contribution >= 4 is 63.3 Å². The lowest BCUT2D eigenvalue weighted by Gasteiger charge is -2.27. The van der Waals surface area contributed by atoms with Crippen LogP contribution in [-0.4, -0.2) is 57.0 Å². The number of nitrogens with zero attached hydrogens (tertiary/aromatic N) is 2. The minimum absolute atomic E-state index is 0. The van der Waals surface area contributed by atoms with Crippen LogP contribution in [0.3, 0.4) is 0 Å². The summed E-state index contributed by atoms with van der Waals surface area (Å²) < 4.78 is 26.6. The number of benzene rings is 1. The van der Waals surface area contributed by atoms with Crippen LogP contribution in [0.4, 0.5) is 0 Å². The number of thioether (sulfide) groups is 1. The molecule has 1 aromatic carbocycles. The van der Waals surface area contributed by atoms with Crippen LogP contribution < -0.4 is 10.5 Å². The Balaban J connectivity index is 0.00000264. The molecule has 6 nitrogen and oxygen atoms in total. The summed E-state index contributed by atoms with van der Waals surface area (Å²) in [5, 5.41) is 0.383. The highest BCUT2D eigenvalue weighted by Gasteiger charge is 2.14. The van der Waals surface area contributed by atoms with E-state index in [-0.39, 0.29) is 35.4 Å². The summed E-state index contributed by atoms with van der Waals surface area (Å²) in [7, 11) is -3.57. The zero-order chi connectivity index (χ0) is 16.0. The second kappa shape index (κ2) is 9.92. The van der Waals surface area contributed by atoms with Gasteiger partial charge in [0.25, 0.3) is 0 Å². The number of nitrogens with one attached hydrogen (secondary N) is 1. The van der Waals surface area contributed by atoms with Crippen molar-refractivity contribution in [2.75, 3.05) is 37.7 Å². The molecule has 10 heteroatoms.